The van der Waals surface area contributed by atoms with Crippen molar-refractivity contribution in [3.05, 3.63) is 71.3 Å². The van der Waals surface area contributed by atoms with Crippen LogP contribution in [0.2, 0.25) is 0 Å². The van der Waals surface area contributed by atoms with Crippen LogP contribution in [0.5, 0.6) is 0 Å². The maximum atomic E-state index is 12.8. The first kappa shape index (κ1) is 19.8. The monoisotopic (exact) mass is 378 g/mol. The molecule has 0 bridgehead atoms. The van der Waals surface area contributed by atoms with Gasteiger partial charge in [-0.3, -0.25) is 4.79 Å². The quantitative estimate of drug-likeness (QED) is 0.708. The molecule has 0 unspecified atom stereocenters. The van der Waals surface area contributed by atoms with Gasteiger partial charge in [-0.2, -0.15) is 5.10 Å². The third kappa shape index (κ3) is 4.47. The molecular weight excluding hydrogens is 352 g/mol. The van der Waals surface area contributed by atoms with Gasteiger partial charge >= 0.3 is 5.97 Å². The van der Waals surface area contributed by atoms with E-state index in [0.717, 1.165) is 24.1 Å². The third-order valence-electron chi connectivity index (χ3n) is 4.97. The molecule has 3 rings (SSSR count). The summed E-state index contributed by atoms with van der Waals surface area (Å²) in [5.41, 5.74) is 3.15. The van der Waals surface area contributed by atoms with Gasteiger partial charge < -0.3 is 4.74 Å². The number of hydrazone groups is 1. The first-order valence-corrected chi connectivity index (χ1v) is 9.54. The molecule has 1 amide bonds. The molecule has 1 aliphatic rings. The van der Waals surface area contributed by atoms with Crippen molar-refractivity contribution in [2.75, 3.05) is 7.11 Å². The second-order valence-electron chi connectivity index (χ2n) is 7.65. The molecule has 1 aliphatic heterocycles. The summed E-state index contributed by atoms with van der Waals surface area (Å²) >= 11 is 0. The normalized spacial score (nSPS) is 15.2. The Bertz CT molecular complexity index is 870. The Morgan fingerprint density at radius 2 is 1.75 bits per heavy atom. The molecule has 0 aromatic heterocycles. The van der Waals surface area contributed by atoms with Crippen LogP contribution >= 0.6 is 0 Å². The number of hydrogen-bond donors (Lipinski definition) is 0. The lowest BCUT2D eigenvalue weighted by molar-refractivity contribution is -0.135. The van der Waals surface area contributed by atoms with Crippen molar-refractivity contribution in [2.45, 2.75) is 45.1 Å². The molecule has 0 fully saturated rings. The predicted molar refractivity (Wildman–Crippen MR) is 109 cm³/mol. The second-order valence-corrected chi connectivity index (χ2v) is 7.65. The van der Waals surface area contributed by atoms with Crippen LogP contribution in [-0.2, 0) is 16.0 Å². The molecule has 0 saturated carbocycles. The molecule has 0 radical (unpaired) electrons. The zero-order valence-electron chi connectivity index (χ0n) is 16.6. The molecule has 0 N–H and O–H groups in total. The standard InChI is InChI=1S/C23H26N2O3/c1-23(2)16-20(18-12-14-19(15-13-18)22(27)28-3)24-25(23)21(26)11-7-10-17-8-5-4-6-9-17/h4-6,8-9,12-15H,7,10-11,16H2,1-3H3. The van der Waals surface area contributed by atoms with Crippen LogP contribution in [0, 0.1) is 0 Å². The summed E-state index contributed by atoms with van der Waals surface area (Å²) in [6, 6.07) is 17.3. The highest BCUT2D eigenvalue weighted by Gasteiger charge is 2.38. The van der Waals surface area contributed by atoms with Gasteiger partial charge in [-0.1, -0.05) is 42.5 Å². The summed E-state index contributed by atoms with van der Waals surface area (Å²) in [6.07, 6.45) is 2.83. The van der Waals surface area contributed by atoms with E-state index in [1.165, 1.54) is 12.7 Å². The molecule has 0 spiro atoms. The zero-order chi connectivity index (χ0) is 20.1. The van der Waals surface area contributed by atoms with Gasteiger partial charge in [-0.05, 0) is 49.9 Å². The average molecular weight is 378 g/mol. The summed E-state index contributed by atoms with van der Waals surface area (Å²) in [7, 11) is 1.36. The average Bonchev–Trinajstić information content (AvgIpc) is 3.03. The topological polar surface area (TPSA) is 59.0 Å². The fraction of sp³-hybridized carbons (Fsp3) is 0.348. The number of carbonyl (C=O) groups is 2. The number of ether oxygens (including phenoxy) is 1. The summed E-state index contributed by atoms with van der Waals surface area (Å²) in [5.74, 6) is -0.322. The van der Waals surface area contributed by atoms with Crippen LogP contribution in [0.3, 0.4) is 0 Å². The summed E-state index contributed by atoms with van der Waals surface area (Å²) in [5, 5.41) is 6.24. The van der Waals surface area contributed by atoms with E-state index < -0.39 is 0 Å². The van der Waals surface area contributed by atoms with Crippen molar-refractivity contribution in [1.29, 1.82) is 0 Å². The molecule has 0 atom stereocenters. The van der Waals surface area contributed by atoms with Gasteiger partial charge in [0.05, 0.1) is 23.9 Å². The minimum atomic E-state index is -0.365. The highest BCUT2D eigenvalue weighted by molar-refractivity contribution is 6.04. The van der Waals surface area contributed by atoms with Crippen molar-refractivity contribution < 1.29 is 14.3 Å². The van der Waals surface area contributed by atoms with Gasteiger partial charge in [0, 0.05) is 12.8 Å². The minimum Gasteiger partial charge on any atom is -0.465 e. The van der Waals surface area contributed by atoms with E-state index in [-0.39, 0.29) is 17.4 Å². The molecule has 1 heterocycles. The Labute approximate surface area is 166 Å². The van der Waals surface area contributed by atoms with Crippen LogP contribution in [0.4, 0.5) is 0 Å². The molecule has 28 heavy (non-hydrogen) atoms. The molecule has 0 saturated heterocycles. The fourth-order valence-corrected chi connectivity index (χ4v) is 3.44. The van der Waals surface area contributed by atoms with E-state index in [0.29, 0.717) is 18.4 Å². The van der Waals surface area contributed by atoms with Gasteiger partial charge in [0.15, 0.2) is 0 Å². The van der Waals surface area contributed by atoms with E-state index in [9.17, 15) is 9.59 Å². The van der Waals surface area contributed by atoms with Gasteiger partial charge in [0.2, 0.25) is 5.91 Å². The summed E-state index contributed by atoms with van der Waals surface area (Å²) < 4.78 is 4.73. The van der Waals surface area contributed by atoms with Crippen molar-refractivity contribution >= 4 is 17.6 Å². The van der Waals surface area contributed by atoms with Crippen molar-refractivity contribution in [3.63, 3.8) is 0 Å². The fourth-order valence-electron chi connectivity index (χ4n) is 3.44. The predicted octanol–water partition coefficient (Wildman–Crippen LogP) is 4.21. The lowest BCUT2D eigenvalue weighted by Gasteiger charge is -2.28. The van der Waals surface area contributed by atoms with Gasteiger partial charge in [-0.25, -0.2) is 9.80 Å². The molecule has 146 valence electrons. The number of nitrogens with zero attached hydrogens (tertiary/aromatic N) is 2. The molecule has 0 aliphatic carbocycles. The Hall–Kier alpha value is -2.95. The molecule has 5 heteroatoms. The molecule has 2 aromatic rings. The van der Waals surface area contributed by atoms with Crippen LogP contribution < -0.4 is 0 Å². The number of aryl methyl sites for hydroxylation is 1. The van der Waals surface area contributed by atoms with Crippen molar-refractivity contribution in [2.24, 2.45) is 5.10 Å². The van der Waals surface area contributed by atoms with Gasteiger partial charge in [0.1, 0.15) is 0 Å². The Morgan fingerprint density at radius 1 is 1.07 bits per heavy atom. The number of carbonyl (C=O) groups excluding carboxylic acids is 2. The summed E-state index contributed by atoms with van der Waals surface area (Å²) in [4.78, 5) is 24.4. The van der Waals surface area contributed by atoms with E-state index in [1.807, 2.05) is 44.2 Å². The lowest BCUT2D eigenvalue weighted by atomic mass is 9.94. The van der Waals surface area contributed by atoms with Crippen LogP contribution in [0.25, 0.3) is 0 Å². The summed E-state index contributed by atoms with van der Waals surface area (Å²) in [6.45, 7) is 4.06. The highest BCUT2D eigenvalue weighted by atomic mass is 16.5. The van der Waals surface area contributed by atoms with E-state index in [2.05, 4.69) is 17.2 Å². The number of rotatable bonds is 6. The molecular formula is C23H26N2O3. The molecule has 5 nitrogen and oxygen atoms in total. The number of amides is 1. The van der Waals surface area contributed by atoms with Crippen molar-refractivity contribution in [1.82, 2.24) is 5.01 Å². The zero-order valence-corrected chi connectivity index (χ0v) is 16.6. The lowest BCUT2D eigenvalue weighted by Crippen LogP contribution is -2.40. The van der Waals surface area contributed by atoms with Crippen molar-refractivity contribution in [3.8, 4) is 0 Å². The van der Waals surface area contributed by atoms with Crippen LogP contribution in [0.15, 0.2) is 59.7 Å². The number of benzene rings is 2. The van der Waals surface area contributed by atoms with Crippen LogP contribution in [0.1, 0.15) is 54.6 Å². The van der Waals surface area contributed by atoms with Gasteiger partial charge in [-0.15, -0.1) is 0 Å². The van der Waals surface area contributed by atoms with E-state index in [4.69, 9.17) is 4.74 Å². The highest BCUT2D eigenvalue weighted by Crippen LogP contribution is 2.30. The Morgan fingerprint density at radius 3 is 2.39 bits per heavy atom. The third-order valence-corrected chi connectivity index (χ3v) is 4.97. The van der Waals surface area contributed by atoms with E-state index in [1.54, 1.807) is 17.1 Å². The van der Waals surface area contributed by atoms with Gasteiger partial charge in [0.25, 0.3) is 0 Å². The largest absolute Gasteiger partial charge is 0.465 e. The number of esters is 1. The second kappa shape index (κ2) is 8.38. The SMILES string of the molecule is COC(=O)c1ccc(C2=NN(C(=O)CCCc3ccccc3)C(C)(C)C2)cc1. The van der Waals surface area contributed by atoms with E-state index >= 15 is 0 Å². The number of methoxy groups -OCH3 is 1. The first-order chi connectivity index (χ1) is 13.4. The number of hydrogen-bond acceptors (Lipinski definition) is 4. The maximum absolute atomic E-state index is 12.8. The Balaban J connectivity index is 1.66. The minimum absolute atomic E-state index is 0.0436. The maximum Gasteiger partial charge on any atom is 0.337 e. The Kier molecular flexibility index (Phi) is 5.93. The smallest absolute Gasteiger partial charge is 0.337 e. The first-order valence-electron chi connectivity index (χ1n) is 9.54. The molecule has 2 aromatic carbocycles. The van der Waals surface area contributed by atoms with Crippen LogP contribution in [-0.4, -0.2) is 35.2 Å².